The average Bonchev–Trinajstić information content (AvgIpc) is 2.80. The molecule has 3 aromatic rings. The van der Waals surface area contributed by atoms with E-state index in [0.29, 0.717) is 12.4 Å². The number of amides is 1. The Kier molecular flexibility index (Phi) is 4.74. The van der Waals surface area contributed by atoms with Crippen LogP contribution in [0.2, 0.25) is 0 Å². The summed E-state index contributed by atoms with van der Waals surface area (Å²) in [5.41, 5.74) is 5.96. The molecule has 2 aliphatic rings. The molecule has 1 amide bonds. The molecule has 0 saturated carbocycles. The Hall–Kier alpha value is -3.21. The molecule has 1 fully saturated rings. The third-order valence-corrected chi connectivity index (χ3v) is 6.64. The molecule has 1 N–H and O–H groups in total. The van der Waals surface area contributed by atoms with Crippen LogP contribution >= 0.6 is 0 Å². The van der Waals surface area contributed by atoms with Crippen LogP contribution in [-0.4, -0.2) is 40.9 Å². The van der Waals surface area contributed by atoms with Crippen LogP contribution in [0.5, 0.6) is 0 Å². The molecule has 5 rings (SSSR count). The number of nitrogens with zero attached hydrogens (tertiary/aromatic N) is 3. The summed E-state index contributed by atoms with van der Waals surface area (Å²) < 4.78 is 0. The quantitative estimate of drug-likeness (QED) is 0.728. The molecule has 0 radical (unpaired) electrons. The van der Waals surface area contributed by atoms with Gasteiger partial charge in [-0.15, -0.1) is 0 Å². The van der Waals surface area contributed by atoms with Crippen LogP contribution < -0.4 is 5.32 Å². The van der Waals surface area contributed by atoms with E-state index in [4.69, 9.17) is 4.98 Å². The van der Waals surface area contributed by atoms with E-state index in [-0.39, 0.29) is 11.3 Å². The number of likely N-dealkylation sites (tertiary alicyclic amines) is 1. The van der Waals surface area contributed by atoms with Gasteiger partial charge in [-0.3, -0.25) is 4.79 Å². The Morgan fingerprint density at radius 2 is 1.80 bits per heavy atom. The van der Waals surface area contributed by atoms with Gasteiger partial charge in [-0.2, -0.15) is 0 Å². The highest BCUT2D eigenvalue weighted by atomic mass is 16.2. The van der Waals surface area contributed by atoms with Crippen molar-refractivity contribution in [3.05, 3.63) is 77.5 Å². The second-order valence-corrected chi connectivity index (χ2v) is 8.36. The van der Waals surface area contributed by atoms with E-state index in [0.717, 1.165) is 43.6 Å². The maximum absolute atomic E-state index is 12.9. The zero-order chi connectivity index (χ0) is 20.6. The van der Waals surface area contributed by atoms with E-state index in [2.05, 4.69) is 34.6 Å². The van der Waals surface area contributed by atoms with Crippen LogP contribution in [0.25, 0.3) is 11.3 Å². The molecule has 30 heavy (non-hydrogen) atoms. The highest BCUT2D eigenvalue weighted by Gasteiger charge is 2.42. The lowest BCUT2D eigenvalue weighted by Gasteiger charge is -2.45. The number of carbonyl (C=O) groups is 1. The lowest BCUT2D eigenvalue weighted by Crippen LogP contribution is -2.47. The van der Waals surface area contributed by atoms with E-state index in [1.54, 1.807) is 0 Å². The van der Waals surface area contributed by atoms with Crippen molar-refractivity contribution in [2.75, 3.05) is 25.5 Å². The minimum Gasteiger partial charge on any atom is -0.357 e. The number of piperidine rings is 1. The summed E-state index contributed by atoms with van der Waals surface area (Å²) in [6, 6.07) is 18.7. The van der Waals surface area contributed by atoms with Gasteiger partial charge >= 0.3 is 0 Å². The lowest BCUT2D eigenvalue weighted by atomic mass is 9.64. The van der Waals surface area contributed by atoms with Gasteiger partial charge in [0.1, 0.15) is 0 Å². The fraction of sp³-hybridized carbons (Fsp3) is 0.320. The minimum atomic E-state index is 0.0532. The van der Waals surface area contributed by atoms with Gasteiger partial charge in [0.25, 0.3) is 0 Å². The average molecular weight is 399 g/mol. The molecular weight excluding hydrogens is 372 g/mol. The fourth-order valence-electron chi connectivity index (χ4n) is 5.01. The monoisotopic (exact) mass is 398 g/mol. The number of nitrogens with one attached hydrogen (secondary N) is 1. The summed E-state index contributed by atoms with van der Waals surface area (Å²) in [5.74, 6) is 0.878. The van der Waals surface area contributed by atoms with Crippen molar-refractivity contribution in [3.8, 4) is 11.3 Å². The Morgan fingerprint density at radius 1 is 1.07 bits per heavy atom. The number of benzene rings is 2. The van der Waals surface area contributed by atoms with E-state index >= 15 is 0 Å². The van der Waals surface area contributed by atoms with Crippen molar-refractivity contribution in [2.24, 2.45) is 0 Å². The first-order chi connectivity index (χ1) is 14.7. The maximum atomic E-state index is 12.9. The van der Waals surface area contributed by atoms with Crippen LogP contribution in [0.4, 0.5) is 5.95 Å². The summed E-state index contributed by atoms with van der Waals surface area (Å²) in [5, 5.41) is 3.05. The summed E-state index contributed by atoms with van der Waals surface area (Å²) in [4.78, 5) is 24.1. The molecule has 2 aromatic carbocycles. The van der Waals surface area contributed by atoms with Gasteiger partial charge in [-0.1, -0.05) is 54.6 Å². The topological polar surface area (TPSA) is 58.1 Å². The van der Waals surface area contributed by atoms with Crippen LogP contribution in [0, 0.1) is 0 Å². The van der Waals surface area contributed by atoms with Gasteiger partial charge in [0.05, 0.1) is 12.1 Å². The SMILES string of the molecule is CNc1ncc2c(n1)-c1ccccc1C1(CCN(C(=O)Cc3ccccc3)CC1)C2. The second-order valence-electron chi connectivity index (χ2n) is 8.36. The minimum absolute atomic E-state index is 0.0532. The Morgan fingerprint density at radius 3 is 2.57 bits per heavy atom. The lowest BCUT2D eigenvalue weighted by molar-refractivity contribution is -0.132. The number of aromatic nitrogens is 2. The van der Waals surface area contributed by atoms with Crippen LogP contribution in [-0.2, 0) is 23.1 Å². The zero-order valence-corrected chi connectivity index (χ0v) is 17.3. The van der Waals surface area contributed by atoms with Crippen molar-refractivity contribution >= 4 is 11.9 Å². The highest BCUT2D eigenvalue weighted by molar-refractivity contribution is 5.79. The van der Waals surface area contributed by atoms with Gasteiger partial charge in [-0.05, 0) is 36.0 Å². The Balaban J connectivity index is 1.39. The number of carbonyl (C=O) groups excluding carboxylic acids is 1. The Labute approximate surface area is 177 Å². The largest absolute Gasteiger partial charge is 0.357 e. The first kappa shape index (κ1) is 18.8. The molecule has 1 saturated heterocycles. The molecule has 0 unspecified atom stereocenters. The predicted octanol–water partition coefficient (Wildman–Crippen LogP) is 3.84. The first-order valence-corrected chi connectivity index (χ1v) is 10.6. The predicted molar refractivity (Wildman–Crippen MR) is 118 cm³/mol. The van der Waals surface area contributed by atoms with Crippen LogP contribution in [0.3, 0.4) is 0 Å². The van der Waals surface area contributed by atoms with Crippen LogP contribution in [0.15, 0.2) is 60.8 Å². The summed E-state index contributed by atoms with van der Waals surface area (Å²) in [6.07, 6.45) is 5.33. The molecular formula is C25H26N4O. The molecule has 1 spiro atoms. The van der Waals surface area contributed by atoms with E-state index < -0.39 is 0 Å². The second kappa shape index (κ2) is 7.56. The maximum Gasteiger partial charge on any atom is 0.226 e. The highest BCUT2D eigenvalue weighted by Crippen LogP contribution is 2.47. The van der Waals surface area contributed by atoms with E-state index in [1.807, 2.05) is 48.5 Å². The standard InChI is InChI=1S/C25H26N4O/c1-26-24-27-17-19-16-25(21-10-6-5-9-20(21)23(19)28-24)11-13-29(14-12-25)22(30)15-18-7-3-2-4-8-18/h2-10,17H,11-16H2,1H3,(H,26,27,28). The normalized spacial score (nSPS) is 16.6. The van der Waals surface area contributed by atoms with E-state index in [1.165, 1.54) is 16.7 Å². The van der Waals surface area contributed by atoms with Gasteiger partial charge in [0.2, 0.25) is 11.9 Å². The van der Waals surface area contributed by atoms with Crippen molar-refractivity contribution in [1.29, 1.82) is 0 Å². The number of hydrogen-bond donors (Lipinski definition) is 1. The fourth-order valence-corrected chi connectivity index (χ4v) is 5.01. The van der Waals surface area contributed by atoms with Gasteiger partial charge in [0, 0.05) is 37.3 Å². The summed E-state index contributed by atoms with van der Waals surface area (Å²) in [6.45, 7) is 1.59. The Bertz CT molecular complexity index is 1070. The van der Waals surface area contributed by atoms with Gasteiger partial charge < -0.3 is 10.2 Å². The molecule has 5 heteroatoms. The third-order valence-electron chi connectivity index (χ3n) is 6.64. The number of fused-ring (bicyclic) bond motifs is 4. The van der Waals surface area contributed by atoms with Crippen molar-refractivity contribution in [2.45, 2.75) is 31.1 Å². The van der Waals surface area contributed by atoms with Gasteiger partial charge in [0.15, 0.2) is 0 Å². The summed E-state index contributed by atoms with van der Waals surface area (Å²) >= 11 is 0. The smallest absolute Gasteiger partial charge is 0.226 e. The van der Waals surface area contributed by atoms with Gasteiger partial charge in [-0.25, -0.2) is 9.97 Å². The zero-order valence-electron chi connectivity index (χ0n) is 17.3. The molecule has 1 aliphatic carbocycles. The number of anilines is 1. The summed E-state index contributed by atoms with van der Waals surface area (Å²) in [7, 11) is 1.85. The molecule has 2 heterocycles. The first-order valence-electron chi connectivity index (χ1n) is 10.6. The molecule has 0 bridgehead atoms. The third kappa shape index (κ3) is 3.24. The molecule has 5 nitrogen and oxygen atoms in total. The number of hydrogen-bond acceptors (Lipinski definition) is 4. The van der Waals surface area contributed by atoms with Crippen molar-refractivity contribution < 1.29 is 4.79 Å². The molecule has 1 aliphatic heterocycles. The molecule has 1 aromatic heterocycles. The molecule has 0 atom stereocenters. The number of rotatable bonds is 3. The van der Waals surface area contributed by atoms with Crippen molar-refractivity contribution in [3.63, 3.8) is 0 Å². The molecule has 152 valence electrons. The van der Waals surface area contributed by atoms with Crippen molar-refractivity contribution in [1.82, 2.24) is 14.9 Å². The van der Waals surface area contributed by atoms with Crippen LogP contribution in [0.1, 0.15) is 29.5 Å². The van der Waals surface area contributed by atoms with E-state index in [9.17, 15) is 4.79 Å².